The van der Waals surface area contributed by atoms with Gasteiger partial charge in [0.1, 0.15) is 12.1 Å². The molecule has 25 heavy (non-hydrogen) atoms. The Morgan fingerprint density at radius 3 is 2.44 bits per heavy atom. The molecule has 0 bridgehead atoms. The number of aromatic nitrogens is 5. The van der Waals surface area contributed by atoms with Crippen LogP contribution in [0.3, 0.4) is 0 Å². The van der Waals surface area contributed by atoms with Crippen LogP contribution in [0.25, 0.3) is 5.82 Å². The lowest BCUT2D eigenvalue weighted by atomic mass is 10.2. The van der Waals surface area contributed by atoms with Gasteiger partial charge in [-0.2, -0.15) is 0 Å². The Kier molecular flexibility index (Phi) is 4.07. The number of nitrogens with zero attached hydrogens (tertiary/aromatic N) is 7. The molecule has 1 aliphatic heterocycles. The molecule has 0 radical (unpaired) electrons. The molecule has 4 heterocycles. The SMILES string of the molecule is O=C(c1ccc(-n2ccnc2)nn1)N1CCN(c2ccccn2)CC1. The maximum Gasteiger partial charge on any atom is 0.274 e. The predicted molar refractivity (Wildman–Crippen MR) is 91.5 cm³/mol. The van der Waals surface area contributed by atoms with Crippen LogP contribution < -0.4 is 4.90 Å². The van der Waals surface area contributed by atoms with Crippen LogP contribution in [0.5, 0.6) is 0 Å². The van der Waals surface area contributed by atoms with E-state index >= 15 is 0 Å². The Hall–Kier alpha value is -3.29. The van der Waals surface area contributed by atoms with E-state index in [0.717, 1.165) is 18.9 Å². The lowest BCUT2D eigenvalue weighted by Gasteiger charge is -2.35. The van der Waals surface area contributed by atoms with Crippen LogP contribution in [0.15, 0.2) is 55.2 Å². The van der Waals surface area contributed by atoms with Gasteiger partial charge in [-0.15, -0.1) is 10.2 Å². The quantitative estimate of drug-likeness (QED) is 0.711. The normalized spacial score (nSPS) is 14.6. The maximum atomic E-state index is 12.6. The molecule has 0 aromatic carbocycles. The zero-order valence-electron chi connectivity index (χ0n) is 13.6. The smallest absolute Gasteiger partial charge is 0.274 e. The number of pyridine rings is 1. The highest BCUT2D eigenvalue weighted by Crippen LogP contribution is 2.14. The van der Waals surface area contributed by atoms with E-state index in [2.05, 4.69) is 25.1 Å². The molecule has 0 unspecified atom stereocenters. The molecule has 4 rings (SSSR count). The molecule has 1 aliphatic rings. The fraction of sp³-hybridized carbons (Fsp3) is 0.235. The minimum absolute atomic E-state index is 0.0923. The van der Waals surface area contributed by atoms with E-state index < -0.39 is 0 Å². The summed E-state index contributed by atoms with van der Waals surface area (Å²) in [5.41, 5.74) is 0.357. The number of rotatable bonds is 3. The first-order valence-electron chi connectivity index (χ1n) is 8.08. The van der Waals surface area contributed by atoms with E-state index in [1.807, 2.05) is 18.2 Å². The van der Waals surface area contributed by atoms with Crippen molar-refractivity contribution in [3.05, 3.63) is 60.9 Å². The molecule has 8 heteroatoms. The first-order valence-corrected chi connectivity index (χ1v) is 8.08. The first kappa shape index (κ1) is 15.3. The number of carbonyl (C=O) groups excluding carboxylic acids is 1. The van der Waals surface area contributed by atoms with Gasteiger partial charge in [0.15, 0.2) is 11.5 Å². The maximum absolute atomic E-state index is 12.6. The summed E-state index contributed by atoms with van der Waals surface area (Å²) in [4.78, 5) is 24.9. The Balaban J connectivity index is 1.40. The van der Waals surface area contributed by atoms with Gasteiger partial charge >= 0.3 is 0 Å². The lowest BCUT2D eigenvalue weighted by Crippen LogP contribution is -2.49. The number of amides is 1. The molecule has 0 atom stereocenters. The Labute approximate surface area is 144 Å². The van der Waals surface area contributed by atoms with Gasteiger partial charge in [-0.05, 0) is 24.3 Å². The van der Waals surface area contributed by atoms with Crippen LogP contribution in [0.1, 0.15) is 10.5 Å². The zero-order valence-corrected chi connectivity index (χ0v) is 13.6. The Morgan fingerprint density at radius 2 is 1.80 bits per heavy atom. The van der Waals surface area contributed by atoms with Crippen molar-refractivity contribution in [2.45, 2.75) is 0 Å². The number of hydrogen-bond donors (Lipinski definition) is 0. The average Bonchev–Trinajstić information content (AvgIpc) is 3.23. The van der Waals surface area contributed by atoms with Crippen molar-refractivity contribution in [3.8, 4) is 5.82 Å². The summed E-state index contributed by atoms with van der Waals surface area (Å²) in [6.07, 6.45) is 6.87. The third-order valence-electron chi connectivity index (χ3n) is 4.18. The minimum atomic E-state index is -0.0923. The Morgan fingerprint density at radius 1 is 0.920 bits per heavy atom. The van der Waals surface area contributed by atoms with Crippen LogP contribution in [-0.2, 0) is 0 Å². The molecular formula is C17H17N7O. The second kappa shape index (κ2) is 6.68. The van der Waals surface area contributed by atoms with Gasteiger partial charge < -0.3 is 9.80 Å². The second-order valence-electron chi connectivity index (χ2n) is 5.71. The topological polar surface area (TPSA) is 80.0 Å². The van der Waals surface area contributed by atoms with E-state index in [-0.39, 0.29) is 5.91 Å². The van der Waals surface area contributed by atoms with Crippen molar-refractivity contribution in [3.63, 3.8) is 0 Å². The summed E-state index contributed by atoms with van der Waals surface area (Å²) < 4.78 is 1.74. The van der Waals surface area contributed by atoms with E-state index in [4.69, 9.17) is 0 Å². The summed E-state index contributed by atoms with van der Waals surface area (Å²) in [7, 11) is 0. The molecule has 1 amide bonds. The molecule has 0 saturated carbocycles. The van der Waals surface area contributed by atoms with Crippen molar-refractivity contribution in [2.75, 3.05) is 31.1 Å². The molecule has 1 fully saturated rings. The van der Waals surface area contributed by atoms with Crippen molar-refractivity contribution in [1.29, 1.82) is 0 Å². The highest BCUT2D eigenvalue weighted by Gasteiger charge is 2.23. The zero-order chi connectivity index (χ0) is 17.1. The van der Waals surface area contributed by atoms with Crippen molar-refractivity contribution < 1.29 is 4.79 Å². The third kappa shape index (κ3) is 3.18. The molecule has 8 nitrogen and oxygen atoms in total. The van der Waals surface area contributed by atoms with Gasteiger partial charge in [-0.1, -0.05) is 6.07 Å². The van der Waals surface area contributed by atoms with Crippen LogP contribution >= 0.6 is 0 Å². The standard InChI is InChI=1S/C17H17N7O/c25-17(14-4-5-16(21-20-14)24-8-7-18-13-24)23-11-9-22(10-12-23)15-3-1-2-6-19-15/h1-8,13H,9-12H2. The van der Waals surface area contributed by atoms with Gasteiger partial charge in [-0.3, -0.25) is 9.36 Å². The van der Waals surface area contributed by atoms with Gasteiger partial charge in [0.05, 0.1) is 0 Å². The largest absolute Gasteiger partial charge is 0.353 e. The summed E-state index contributed by atoms with van der Waals surface area (Å²) in [5, 5.41) is 8.18. The minimum Gasteiger partial charge on any atom is -0.353 e. The number of hydrogen-bond acceptors (Lipinski definition) is 6. The molecular weight excluding hydrogens is 318 g/mol. The summed E-state index contributed by atoms with van der Waals surface area (Å²) in [5.74, 6) is 1.48. The van der Waals surface area contributed by atoms with Gasteiger partial charge in [-0.25, -0.2) is 9.97 Å². The number of imidazole rings is 1. The Bertz CT molecular complexity index is 825. The second-order valence-corrected chi connectivity index (χ2v) is 5.71. The molecule has 0 N–H and O–H groups in total. The fourth-order valence-corrected chi connectivity index (χ4v) is 2.81. The van der Waals surface area contributed by atoms with Crippen LogP contribution in [-0.4, -0.2) is 61.7 Å². The molecule has 126 valence electrons. The monoisotopic (exact) mass is 335 g/mol. The van der Waals surface area contributed by atoms with E-state index in [1.54, 1.807) is 46.5 Å². The third-order valence-corrected chi connectivity index (χ3v) is 4.18. The molecule has 0 spiro atoms. The highest BCUT2D eigenvalue weighted by atomic mass is 16.2. The molecule has 0 aliphatic carbocycles. The summed E-state index contributed by atoms with van der Waals surface area (Å²) >= 11 is 0. The molecule has 1 saturated heterocycles. The van der Waals surface area contributed by atoms with Crippen LogP contribution in [0, 0.1) is 0 Å². The molecule has 3 aromatic heterocycles. The lowest BCUT2D eigenvalue weighted by molar-refractivity contribution is 0.0739. The van der Waals surface area contributed by atoms with Crippen LogP contribution in [0.4, 0.5) is 5.82 Å². The fourth-order valence-electron chi connectivity index (χ4n) is 2.81. The van der Waals surface area contributed by atoms with Crippen LogP contribution in [0.2, 0.25) is 0 Å². The van der Waals surface area contributed by atoms with Gasteiger partial charge in [0.2, 0.25) is 0 Å². The van der Waals surface area contributed by atoms with E-state index in [9.17, 15) is 4.79 Å². The number of anilines is 1. The predicted octanol–water partition coefficient (Wildman–Crippen LogP) is 1.02. The summed E-state index contributed by atoms with van der Waals surface area (Å²) in [6.45, 7) is 2.79. The molecule has 3 aromatic rings. The van der Waals surface area contributed by atoms with E-state index in [0.29, 0.717) is 24.6 Å². The first-order chi connectivity index (χ1) is 12.3. The number of carbonyl (C=O) groups is 1. The van der Waals surface area contributed by atoms with Gasteiger partial charge in [0, 0.05) is 44.8 Å². The average molecular weight is 335 g/mol. The van der Waals surface area contributed by atoms with Crippen molar-refractivity contribution in [1.82, 2.24) is 29.6 Å². The van der Waals surface area contributed by atoms with Gasteiger partial charge in [0.25, 0.3) is 5.91 Å². The summed E-state index contributed by atoms with van der Waals surface area (Å²) in [6, 6.07) is 9.33. The number of piperazine rings is 1. The highest BCUT2D eigenvalue weighted by molar-refractivity contribution is 5.92. The van der Waals surface area contributed by atoms with E-state index in [1.165, 1.54) is 0 Å². The van der Waals surface area contributed by atoms with Crippen molar-refractivity contribution in [2.24, 2.45) is 0 Å². The van der Waals surface area contributed by atoms with Crippen molar-refractivity contribution >= 4 is 11.7 Å².